The number of hydrogen-bond donors (Lipinski definition) is 0. The number of benzene rings is 1. The van der Waals surface area contributed by atoms with Crippen LogP contribution >= 0.6 is 11.6 Å². The van der Waals surface area contributed by atoms with E-state index in [4.69, 9.17) is 11.6 Å². The van der Waals surface area contributed by atoms with Crippen LogP contribution < -0.4 is 4.90 Å². The molecule has 26 heavy (non-hydrogen) atoms. The fraction of sp³-hybridized carbons (Fsp3) is 0.579. The van der Waals surface area contributed by atoms with Gasteiger partial charge in [0.25, 0.3) is 5.91 Å². The van der Waals surface area contributed by atoms with E-state index in [9.17, 15) is 9.59 Å². The molecule has 0 bridgehead atoms. The molecule has 3 heterocycles. The number of hydrogen-bond acceptors (Lipinski definition) is 4. The van der Waals surface area contributed by atoms with Gasteiger partial charge in [-0.2, -0.15) is 0 Å². The van der Waals surface area contributed by atoms with Gasteiger partial charge in [-0.1, -0.05) is 17.7 Å². The standard InChI is InChI=1S/C19H25ClN4O2/c20-15-4-3-5-16(14-15)22-11-8-21(9-12-22)10-13-24-18(25)17-6-1-2-7-23(17)19(24)26/h3-5,14,17H,1-2,6-13H2. The van der Waals surface area contributed by atoms with E-state index < -0.39 is 0 Å². The van der Waals surface area contributed by atoms with Gasteiger partial charge in [-0.25, -0.2) is 4.79 Å². The largest absolute Gasteiger partial charge is 0.369 e. The highest BCUT2D eigenvalue weighted by atomic mass is 35.5. The summed E-state index contributed by atoms with van der Waals surface area (Å²) in [5, 5.41) is 0.757. The van der Waals surface area contributed by atoms with Crippen LogP contribution in [0.1, 0.15) is 19.3 Å². The van der Waals surface area contributed by atoms with Crippen LogP contribution in [0.25, 0.3) is 0 Å². The Bertz CT molecular complexity index is 666. The summed E-state index contributed by atoms with van der Waals surface area (Å²) < 4.78 is 0. The summed E-state index contributed by atoms with van der Waals surface area (Å²) in [6.45, 7) is 5.69. The van der Waals surface area contributed by atoms with Crippen LogP contribution in [0.4, 0.5) is 10.5 Å². The van der Waals surface area contributed by atoms with Gasteiger partial charge in [0, 0.05) is 56.5 Å². The van der Waals surface area contributed by atoms with Crippen LogP contribution in [-0.2, 0) is 4.79 Å². The van der Waals surface area contributed by atoms with E-state index in [1.54, 1.807) is 4.90 Å². The Hall–Kier alpha value is -1.79. The predicted molar refractivity (Wildman–Crippen MR) is 102 cm³/mol. The van der Waals surface area contributed by atoms with Gasteiger partial charge in [0.15, 0.2) is 0 Å². The molecular formula is C19H25ClN4O2. The zero-order valence-corrected chi connectivity index (χ0v) is 15.7. The highest BCUT2D eigenvalue weighted by molar-refractivity contribution is 6.30. The smallest absolute Gasteiger partial charge is 0.327 e. The monoisotopic (exact) mass is 376 g/mol. The number of imide groups is 1. The van der Waals surface area contributed by atoms with Gasteiger partial charge in [0.1, 0.15) is 6.04 Å². The number of piperazine rings is 1. The van der Waals surface area contributed by atoms with Crippen LogP contribution in [0.15, 0.2) is 24.3 Å². The first-order chi connectivity index (χ1) is 12.6. The lowest BCUT2D eigenvalue weighted by Crippen LogP contribution is -2.49. The molecule has 3 aliphatic heterocycles. The quantitative estimate of drug-likeness (QED) is 0.756. The minimum Gasteiger partial charge on any atom is -0.369 e. The van der Waals surface area contributed by atoms with E-state index in [2.05, 4.69) is 15.9 Å². The van der Waals surface area contributed by atoms with E-state index >= 15 is 0 Å². The second-order valence-electron chi connectivity index (χ2n) is 7.29. The average Bonchev–Trinajstić information content (AvgIpc) is 2.91. The summed E-state index contributed by atoms with van der Waals surface area (Å²) in [7, 11) is 0. The highest BCUT2D eigenvalue weighted by Crippen LogP contribution is 2.26. The molecule has 4 rings (SSSR count). The maximum atomic E-state index is 12.5. The lowest BCUT2D eigenvalue weighted by molar-refractivity contribution is -0.129. The number of halogens is 1. The number of carbonyl (C=O) groups is 2. The molecule has 0 radical (unpaired) electrons. The zero-order valence-electron chi connectivity index (χ0n) is 14.9. The van der Waals surface area contributed by atoms with Crippen LogP contribution in [0.5, 0.6) is 0 Å². The van der Waals surface area contributed by atoms with E-state index in [1.807, 2.05) is 18.2 Å². The second kappa shape index (κ2) is 7.45. The normalized spacial score (nSPS) is 24.3. The Balaban J connectivity index is 1.29. The van der Waals surface area contributed by atoms with Gasteiger partial charge in [0.05, 0.1) is 0 Å². The molecule has 1 atom stereocenters. The molecule has 7 heteroatoms. The molecular weight excluding hydrogens is 352 g/mol. The third-order valence-corrected chi connectivity index (χ3v) is 5.95. The lowest BCUT2D eigenvalue weighted by Gasteiger charge is -2.36. The van der Waals surface area contributed by atoms with Gasteiger partial charge in [-0.15, -0.1) is 0 Å². The van der Waals surface area contributed by atoms with Crippen LogP contribution in [-0.4, -0.2) is 78.5 Å². The summed E-state index contributed by atoms with van der Waals surface area (Å²) >= 11 is 6.08. The van der Waals surface area contributed by atoms with Gasteiger partial charge < -0.3 is 9.80 Å². The summed E-state index contributed by atoms with van der Waals surface area (Å²) in [5.41, 5.74) is 1.15. The van der Waals surface area contributed by atoms with Crippen LogP contribution in [0.3, 0.4) is 0 Å². The third kappa shape index (κ3) is 3.40. The summed E-state index contributed by atoms with van der Waals surface area (Å²) in [6, 6.07) is 7.66. The highest BCUT2D eigenvalue weighted by Gasteiger charge is 2.45. The molecule has 1 unspecified atom stereocenters. The molecule has 1 aromatic carbocycles. The molecule has 6 nitrogen and oxygen atoms in total. The van der Waals surface area contributed by atoms with Crippen molar-refractivity contribution in [2.24, 2.45) is 0 Å². The summed E-state index contributed by atoms with van der Waals surface area (Å²) in [6.07, 6.45) is 2.87. The molecule has 0 aliphatic carbocycles. The topological polar surface area (TPSA) is 47.1 Å². The minimum absolute atomic E-state index is 0.00673. The van der Waals surface area contributed by atoms with Crippen molar-refractivity contribution >= 4 is 29.2 Å². The van der Waals surface area contributed by atoms with E-state index in [-0.39, 0.29) is 18.0 Å². The number of fused-ring (bicyclic) bond motifs is 1. The van der Waals surface area contributed by atoms with Crippen molar-refractivity contribution < 1.29 is 9.59 Å². The second-order valence-corrected chi connectivity index (χ2v) is 7.72. The van der Waals surface area contributed by atoms with Gasteiger partial charge in [-0.3, -0.25) is 14.6 Å². The number of rotatable bonds is 4. The van der Waals surface area contributed by atoms with Crippen molar-refractivity contribution in [1.82, 2.24) is 14.7 Å². The lowest BCUT2D eigenvalue weighted by atomic mass is 10.0. The summed E-state index contributed by atoms with van der Waals surface area (Å²) in [5.74, 6) is 0.00673. The number of nitrogens with zero attached hydrogens (tertiary/aromatic N) is 4. The first-order valence-electron chi connectivity index (χ1n) is 9.48. The minimum atomic E-state index is -0.198. The van der Waals surface area contributed by atoms with E-state index in [0.717, 1.165) is 69.2 Å². The fourth-order valence-electron chi connectivity index (χ4n) is 4.20. The molecule has 0 aromatic heterocycles. The number of carbonyl (C=O) groups excluding carboxylic acids is 2. The first-order valence-corrected chi connectivity index (χ1v) is 9.86. The third-order valence-electron chi connectivity index (χ3n) is 5.72. The van der Waals surface area contributed by atoms with E-state index in [0.29, 0.717) is 6.54 Å². The predicted octanol–water partition coefficient (Wildman–Crippen LogP) is 2.28. The average molecular weight is 377 g/mol. The molecule has 3 fully saturated rings. The molecule has 3 saturated heterocycles. The molecule has 0 saturated carbocycles. The van der Waals surface area contributed by atoms with Gasteiger partial charge in [-0.05, 0) is 37.5 Å². The fourth-order valence-corrected chi connectivity index (χ4v) is 4.38. The van der Waals surface area contributed by atoms with Crippen molar-refractivity contribution in [2.45, 2.75) is 25.3 Å². The zero-order chi connectivity index (χ0) is 18.1. The maximum absolute atomic E-state index is 12.5. The number of piperidine rings is 1. The molecule has 3 aliphatic rings. The van der Waals surface area contributed by atoms with Crippen molar-refractivity contribution in [3.63, 3.8) is 0 Å². The first kappa shape index (κ1) is 17.6. The molecule has 0 spiro atoms. The van der Waals surface area contributed by atoms with E-state index in [1.165, 1.54) is 4.90 Å². The SMILES string of the molecule is O=C1C2CCCCN2C(=O)N1CCN1CCN(c2cccc(Cl)c2)CC1. The Kier molecular flexibility index (Phi) is 5.05. The summed E-state index contributed by atoms with van der Waals surface area (Å²) in [4.78, 5) is 32.9. The van der Waals surface area contributed by atoms with Crippen LogP contribution in [0, 0.1) is 0 Å². The maximum Gasteiger partial charge on any atom is 0.327 e. The van der Waals surface area contributed by atoms with Gasteiger partial charge >= 0.3 is 6.03 Å². The number of urea groups is 1. The van der Waals surface area contributed by atoms with Crippen molar-refractivity contribution in [2.75, 3.05) is 50.7 Å². The molecule has 1 aromatic rings. The van der Waals surface area contributed by atoms with Gasteiger partial charge in [0.2, 0.25) is 0 Å². The Labute approximate surface area is 159 Å². The molecule has 140 valence electrons. The number of anilines is 1. The van der Waals surface area contributed by atoms with Crippen LogP contribution in [0.2, 0.25) is 5.02 Å². The Morgan fingerprint density at radius 3 is 2.54 bits per heavy atom. The Morgan fingerprint density at radius 1 is 1.00 bits per heavy atom. The van der Waals surface area contributed by atoms with Crippen molar-refractivity contribution in [3.8, 4) is 0 Å². The number of amides is 3. The molecule has 3 amide bonds. The Morgan fingerprint density at radius 2 is 1.81 bits per heavy atom. The van der Waals surface area contributed by atoms with Crippen molar-refractivity contribution in [1.29, 1.82) is 0 Å². The van der Waals surface area contributed by atoms with Crippen molar-refractivity contribution in [3.05, 3.63) is 29.3 Å². The molecule has 0 N–H and O–H groups in total.